The first-order valence-electron chi connectivity index (χ1n) is 8.64. The van der Waals surface area contributed by atoms with Gasteiger partial charge in [-0.05, 0) is 19.3 Å². The lowest BCUT2D eigenvalue weighted by molar-refractivity contribution is 0.432. The molecule has 0 bridgehead atoms. The molecule has 4 rings (SSSR count). The predicted octanol–water partition coefficient (Wildman–Crippen LogP) is 0.279. The van der Waals surface area contributed by atoms with Gasteiger partial charge < -0.3 is 0 Å². The Balaban J connectivity index is 1.39. The molecule has 140 valence electrons. The molecule has 0 amide bonds. The van der Waals surface area contributed by atoms with Gasteiger partial charge in [0.25, 0.3) is 0 Å². The van der Waals surface area contributed by atoms with Crippen LogP contribution in [0.4, 0.5) is 0 Å². The number of nitrogens with one attached hydrogen (secondary N) is 2. The summed E-state index contributed by atoms with van der Waals surface area (Å²) in [6.07, 6.45) is 8.13. The van der Waals surface area contributed by atoms with Crippen molar-refractivity contribution < 1.29 is 8.42 Å². The van der Waals surface area contributed by atoms with Crippen molar-refractivity contribution in [3.05, 3.63) is 51.7 Å². The molecule has 0 aromatic carbocycles. The molecule has 9 nitrogen and oxygen atoms in total. The summed E-state index contributed by atoms with van der Waals surface area (Å²) in [4.78, 5) is 22.1. The number of hydrogen-bond acceptors (Lipinski definition) is 6. The van der Waals surface area contributed by atoms with Crippen molar-refractivity contribution in [2.45, 2.75) is 30.9 Å². The van der Waals surface area contributed by atoms with Crippen molar-refractivity contribution in [2.24, 2.45) is 0 Å². The third-order valence-corrected chi connectivity index (χ3v) is 6.17. The van der Waals surface area contributed by atoms with Crippen molar-refractivity contribution in [1.29, 1.82) is 0 Å². The molecular formula is C17H18N6O3S. The Kier molecular flexibility index (Phi) is 4.63. The molecule has 1 aliphatic carbocycles. The SMILES string of the molecule is O=c1[nH]nc(CS(=O)(=O)N2CC=C(C#Cc3cnc(C4CC4)nc3)CC2)[nH]1. The number of aromatic nitrogens is 5. The summed E-state index contributed by atoms with van der Waals surface area (Å²) in [6, 6.07) is 0. The zero-order valence-corrected chi connectivity index (χ0v) is 15.3. The van der Waals surface area contributed by atoms with Crippen LogP contribution < -0.4 is 5.69 Å². The largest absolute Gasteiger partial charge is 0.340 e. The van der Waals surface area contributed by atoms with Crippen LogP contribution >= 0.6 is 0 Å². The van der Waals surface area contributed by atoms with Crippen LogP contribution in [-0.4, -0.2) is 51.0 Å². The topological polar surface area (TPSA) is 125 Å². The third kappa shape index (κ3) is 4.32. The zero-order valence-electron chi connectivity index (χ0n) is 14.5. The fraction of sp³-hybridized carbons (Fsp3) is 0.412. The van der Waals surface area contributed by atoms with Crippen molar-refractivity contribution in [2.75, 3.05) is 13.1 Å². The van der Waals surface area contributed by atoms with Crippen molar-refractivity contribution in [1.82, 2.24) is 29.5 Å². The van der Waals surface area contributed by atoms with Crippen molar-refractivity contribution >= 4 is 10.0 Å². The second kappa shape index (κ2) is 7.09. The maximum absolute atomic E-state index is 12.4. The van der Waals surface area contributed by atoms with Crippen LogP contribution in [0.2, 0.25) is 0 Å². The second-order valence-corrected chi connectivity index (χ2v) is 8.54. The number of rotatable bonds is 4. The Morgan fingerprint density at radius 2 is 2.00 bits per heavy atom. The second-order valence-electron chi connectivity index (χ2n) is 6.57. The van der Waals surface area contributed by atoms with Gasteiger partial charge in [-0.3, -0.25) is 4.98 Å². The molecule has 0 saturated heterocycles. The number of H-pyrrole nitrogens is 2. The Hall–Kier alpha value is -2.77. The van der Waals surface area contributed by atoms with Crippen LogP contribution in [0, 0.1) is 11.8 Å². The molecule has 0 spiro atoms. The molecule has 27 heavy (non-hydrogen) atoms. The highest BCUT2D eigenvalue weighted by Crippen LogP contribution is 2.37. The summed E-state index contributed by atoms with van der Waals surface area (Å²) in [5, 5.41) is 5.81. The highest BCUT2D eigenvalue weighted by atomic mass is 32.2. The van der Waals surface area contributed by atoms with E-state index in [-0.39, 0.29) is 18.1 Å². The average molecular weight is 386 g/mol. The average Bonchev–Trinajstić information content (AvgIpc) is 3.43. The van der Waals surface area contributed by atoms with Crippen LogP contribution in [0.1, 0.15) is 42.4 Å². The van der Waals surface area contributed by atoms with Crippen LogP contribution in [0.15, 0.2) is 28.8 Å². The summed E-state index contributed by atoms with van der Waals surface area (Å²) in [5.74, 6) is 7.26. The van der Waals surface area contributed by atoms with E-state index in [1.807, 2.05) is 0 Å². The van der Waals surface area contributed by atoms with E-state index in [4.69, 9.17) is 0 Å². The number of aromatic amines is 2. The first-order chi connectivity index (χ1) is 13.0. The Morgan fingerprint density at radius 3 is 2.59 bits per heavy atom. The predicted molar refractivity (Wildman–Crippen MR) is 97.0 cm³/mol. The van der Waals surface area contributed by atoms with E-state index in [2.05, 4.69) is 37.0 Å². The van der Waals surface area contributed by atoms with Crippen LogP contribution in [0.5, 0.6) is 0 Å². The smallest absolute Gasteiger partial charge is 0.292 e. The van der Waals surface area contributed by atoms with Gasteiger partial charge in [-0.2, -0.15) is 9.40 Å². The summed E-state index contributed by atoms with van der Waals surface area (Å²) < 4.78 is 26.2. The standard InChI is InChI=1S/C17H18N6O3S/c24-17-20-15(21-22-17)11-27(25,26)23-7-5-12(6-8-23)1-2-13-9-18-16(19-10-13)14-3-4-14/h5,9-10,14H,3-4,6-8,11H2,(H2,20,21,22,24). The molecule has 0 atom stereocenters. The minimum atomic E-state index is -3.55. The molecular weight excluding hydrogens is 368 g/mol. The van der Waals surface area contributed by atoms with E-state index in [1.165, 1.54) is 4.31 Å². The van der Waals surface area contributed by atoms with Gasteiger partial charge in [0.1, 0.15) is 17.4 Å². The van der Waals surface area contributed by atoms with E-state index in [0.717, 1.165) is 29.8 Å². The summed E-state index contributed by atoms with van der Waals surface area (Å²) in [5.41, 5.74) is 1.11. The van der Waals surface area contributed by atoms with Gasteiger partial charge in [0.05, 0.1) is 5.56 Å². The number of sulfonamides is 1. The minimum Gasteiger partial charge on any atom is -0.292 e. The molecule has 1 aliphatic heterocycles. The molecule has 0 radical (unpaired) electrons. The fourth-order valence-corrected chi connectivity index (χ4v) is 4.10. The van der Waals surface area contributed by atoms with Crippen LogP contribution in [-0.2, 0) is 15.8 Å². The minimum absolute atomic E-state index is 0.101. The lowest BCUT2D eigenvalue weighted by Crippen LogP contribution is -2.35. The van der Waals surface area contributed by atoms with E-state index in [9.17, 15) is 13.2 Å². The third-order valence-electron chi connectivity index (χ3n) is 4.42. The number of hydrogen-bond donors (Lipinski definition) is 2. The van der Waals surface area contributed by atoms with E-state index >= 15 is 0 Å². The zero-order chi connectivity index (χ0) is 18.9. The number of nitrogens with zero attached hydrogens (tertiary/aromatic N) is 4. The van der Waals surface area contributed by atoms with Gasteiger partial charge in [-0.25, -0.2) is 28.3 Å². The quantitative estimate of drug-likeness (QED) is 0.727. The Bertz CT molecular complexity index is 1080. The van der Waals surface area contributed by atoms with Gasteiger partial charge in [0, 0.05) is 37.0 Å². The summed E-state index contributed by atoms with van der Waals surface area (Å²) >= 11 is 0. The monoisotopic (exact) mass is 386 g/mol. The molecule has 0 unspecified atom stereocenters. The molecule has 2 N–H and O–H groups in total. The lowest BCUT2D eigenvalue weighted by Gasteiger charge is -2.23. The first-order valence-corrected chi connectivity index (χ1v) is 10.2. The Labute approximate surface area is 156 Å². The van der Waals surface area contributed by atoms with Crippen molar-refractivity contribution in [3.8, 4) is 11.8 Å². The molecule has 1 saturated carbocycles. The fourth-order valence-electron chi connectivity index (χ4n) is 2.76. The van der Waals surface area contributed by atoms with Gasteiger partial charge in [-0.1, -0.05) is 17.9 Å². The van der Waals surface area contributed by atoms with Crippen molar-refractivity contribution in [3.63, 3.8) is 0 Å². The van der Waals surface area contributed by atoms with Gasteiger partial charge in [0.15, 0.2) is 0 Å². The lowest BCUT2D eigenvalue weighted by atomic mass is 10.1. The molecule has 2 aromatic rings. The molecule has 2 aromatic heterocycles. The van der Waals surface area contributed by atoms with Gasteiger partial charge in [-0.15, -0.1) is 0 Å². The molecule has 1 fully saturated rings. The molecule has 2 aliphatic rings. The first kappa shape index (κ1) is 17.6. The van der Waals surface area contributed by atoms with E-state index < -0.39 is 15.7 Å². The summed E-state index contributed by atoms with van der Waals surface area (Å²) in [7, 11) is -3.55. The van der Waals surface area contributed by atoms with Crippen LogP contribution in [0.3, 0.4) is 0 Å². The molecule has 3 heterocycles. The van der Waals surface area contributed by atoms with E-state index in [0.29, 0.717) is 18.9 Å². The van der Waals surface area contributed by atoms with Gasteiger partial charge >= 0.3 is 5.69 Å². The highest BCUT2D eigenvalue weighted by molar-refractivity contribution is 7.88. The maximum atomic E-state index is 12.4. The summed E-state index contributed by atoms with van der Waals surface area (Å²) in [6.45, 7) is 0.590. The highest BCUT2D eigenvalue weighted by Gasteiger charge is 2.26. The van der Waals surface area contributed by atoms with Crippen LogP contribution in [0.25, 0.3) is 0 Å². The van der Waals surface area contributed by atoms with Gasteiger partial charge in [0.2, 0.25) is 10.0 Å². The molecule has 10 heteroatoms. The maximum Gasteiger partial charge on any atom is 0.340 e. The Morgan fingerprint density at radius 1 is 1.22 bits per heavy atom. The van der Waals surface area contributed by atoms with E-state index in [1.54, 1.807) is 18.5 Å². The normalized spacial score (nSPS) is 17.9.